The Bertz CT molecular complexity index is 669. The first-order valence-corrected chi connectivity index (χ1v) is 6.29. The van der Waals surface area contributed by atoms with Gasteiger partial charge < -0.3 is 0 Å². The largest absolute Gasteiger partial charge is 0.297 e. The molecule has 2 rings (SSSR count). The highest BCUT2D eigenvalue weighted by atomic mass is 32.1. The molecule has 5 nitrogen and oxygen atoms in total. The summed E-state index contributed by atoms with van der Waals surface area (Å²) in [5.74, 6) is -0.302. The Morgan fingerprint density at radius 1 is 1.42 bits per heavy atom. The van der Waals surface area contributed by atoms with E-state index in [9.17, 15) is 4.79 Å². The number of hydrogen-bond acceptors (Lipinski definition) is 5. The lowest BCUT2D eigenvalue weighted by Gasteiger charge is -1.97. The third-order valence-electron chi connectivity index (χ3n) is 2.25. The highest BCUT2D eigenvalue weighted by Gasteiger charge is 2.03. The smallest absolute Gasteiger partial charge is 0.250 e. The van der Waals surface area contributed by atoms with E-state index in [4.69, 9.17) is 5.26 Å². The number of nitriles is 1. The zero-order chi connectivity index (χ0) is 13.7. The highest BCUT2D eigenvalue weighted by molar-refractivity contribution is 7.15. The SMILES string of the molecule is Cc1nnc(NC(=O)/C=C/c2ccccc2C#N)s1. The average Bonchev–Trinajstić information content (AvgIpc) is 2.82. The quantitative estimate of drug-likeness (QED) is 0.868. The van der Waals surface area contributed by atoms with Gasteiger partial charge in [0.05, 0.1) is 11.6 Å². The second kappa shape index (κ2) is 5.89. The van der Waals surface area contributed by atoms with E-state index < -0.39 is 0 Å². The molecule has 0 spiro atoms. The maximum absolute atomic E-state index is 11.7. The van der Waals surface area contributed by atoms with E-state index in [1.807, 2.05) is 13.0 Å². The van der Waals surface area contributed by atoms with Crippen LogP contribution in [0.1, 0.15) is 16.1 Å². The number of benzene rings is 1. The van der Waals surface area contributed by atoms with Gasteiger partial charge in [-0.25, -0.2) is 0 Å². The molecule has 19 heavy (non-hydrogen) atoms. The molecule has 0 unspecified atom stereocenters. The molecule has 0 saturated carbocycles. The molecule has 0 aliphatic rings. The fourth-order valence-electron chi connectivity index (χ4n) is 1.40. The van der Waals surface area contributed by atoms with Gasteiger partial charge in [0, 0.05) is 6.08 Å². The summed E-state index contributed by atoms with van der Waals surface area (Å²) >= 11 is 1.30. The van der Waals surface area contributed by atoms with E-state index in [0.717, 1.165) is 5.01 Å². The topological polar surface area (TPSA) is 78.7 Å². The molecule has 0 atom stereocenters. The first-order chi connectivity index (χ1) is 9.19. The Balaban J connectivity index is 2.06. The van der Waals surface area contributed by atoms with Crippen molar-refractivity contribution in [2.45, 2.75) is 6.92 Å². The summed E-state index contributed by atoms with van der Waals surface area (Å²) in [7, 11) is 0. The summed E-state index contributed by atoms with van der Waals surface area (Å²) in [4.78, 5) is 11.7. The van der Waals surface area contributed by atoms with Crippen molar-refractivity contribution >= 4 is 28.5 Å². The minimum Gasteiger partial charge on any atom is -0.297 e. The van der Waals surface area contributed by atoms with E-state index in [-0.39, 0.29) is 5.91 Å². The molecular weight excluding hydrogens is 260 g/mol. The number of nitrogens with zero attached hydrogens (tertiary/aromatic N) is 3. The fourth-order valence-corrected chi connectivity index (χ4v) is 2.00. The van der Waals surface area contributed by atoms with Crippen LogP contribution < -0.4 is 5.32 Å². The summed E-state index contributed by atoms with van der Waals surface area (Å²) in [5.41, 5.74) is 1.23. The molecule has 0 aliphatic carbocycles. The van der Waals surface area contributed by atoms with Crippen LogP contribution in [0, 0.1) is 18.3 Å². The van der Waals surface area contributed by atoms with Crippen LogP contribution in [-0.4, -0.2) is 16.1 Å². The van der Waals surface area contributed by atoms with E-state index in [0.29, 0.717) is 16.3 Å². The number of nitrogens with one attached hydrogen (secondary N) is 1. The minimum atomic E-state index is -0.302. The fraction of sp³-hybridized carbons (Fsp3) is 0.0769. The van der Waals surface area contributed by atoms with E-state index in [2.05, 4.69) is 21.6 Å². The first kappa shape index (κ1) is 12.9. The molecule has 6 heteroatoms. The number of hydrogen-bond donors (Lipinski definition) is 1. The van der Waals surface area contributed by atoms with Gasteiger partial charge >= 0.3 is 0 Å². The molecule has 0 fully saturated rings. The molecule has 1 heterocycles. The summed E-state index contributed by atoms with van der Waals surface area (Å²) in [5, 5.41) is 20.4. The lowest BCUT2D eigenvalue weighted by atomic mass is 10.1. The number of rotatable bonds is 3. The summed E-state index contributed by atoms with van der Waals surface area (Å²) in [6.45, 7) is 1.81. The molecule has 0 radical (unpaired) electrons. The van der Waals surface area contributed by atoms with E-state index in [1.165, 1.54) is 17.4 Å². The number of aryl methyl sites for hydroxylation is 1. The molecule has 94 valence electrons. The molecule has 1 aromatic heterocycles. The standard InChI is InChI=1S/C13H10N4OS/c1-9-16-17-13(19-9)15-12(18)7-6-10-4-2-3-5-11(10)8-14/h2-7H,1H3,(H,15,17,18)/b7-6+. The minimum absolute atomic E-state index is 0.302. The van der Waals surface area contributed by atoms with Crippen LogP contribution in [0.4, 0.5) is 5.13 Å². The van der Waals surface area contributed by atoms with E-state index in [1.54, 1.807) is 24.3 Å². The third-order valence-corrected chi connectivity index (χ3v) is 3.01. The monoisotopic (exact) mass is 270 g/mol. The van der Waals surface area contributed by atoms with Gasteiger partial charge in [0.2, 0.25) is 11.0 Å². The van der Waals surface area contributed by atoms with Crippen LogP contribution in [0.3, 0.4) is 0 Å². The van der Waals surface area contributed by atoms with Crippen LogP contribution >= 0.6 is 11.3 Å². The van der Waals surface area contributed by atoms with Gasteiger partial charge in [-0.05, 0) is 24.6 Å². The van der Waals surface area contributed by atoms with Gasteiger partial charge in [-0.1, -0.05) is 29.5 Å². The van der Waals surface area contributed by atoms with Gasteiger partial charge in [-0.3, -0.25) is 10.1 Å². The molecule has 1 amide bonds. The Morgan fingerprint density at radius 2 is 2.21 bits per heavy atom. The Kier molecular flexibility index (Phi) is 4.00. The number of anilines is 1. The summed E-state index contributed by atoms with van der Waals surface area (Å²) in [6.07, 6.45) is 2.97. The number of carbonyl (C=O) groups is 1. The Morgan fingerprint density at radius 3 is 2.89 bits per heavy atom. The molecule has 1 N–H and O–H groups in total. The summed E-state index contributed by atoms with van der Waals surface area (Å²) in [6, 6.07) is 9.13. The van der Waals surface area contributed by atoms with Gasteiger partial charge in [-0.2, -0.15) is 5.26 Å². The predicted octanol–water partition coefficient (Wildman–Crippen LogP) is 2.37. The van der Waals surface area contributed by atoms with Crippen molar-refractivity contribution in [2.75, 3.05) is 5.32 Å². The van der Waals surface area contributed by atoms with Crippen LogP contribution in [0.5, 0.6) is 0 Å². The van der Waals surface area contributed by atoms with Crippen LogP contribution in [0.25, 0.3) is 6.08 Å². The maximum atomic E-state index is 11.7. The number of carbonyl (C=O) groups excluding carboxylic acids is 1. The second-order valence-electron chi connectivity index (χ2n) is 3.65. The zero-order valence-corrected chi connectivity index (χ0v) is 10.9. The Labute approximate surface area is 114 Å². The summed E-state index contributed by atoms with van der Waals surface area (Å²) < 4.78 is 0. The van der Waals surface area contributed by atoms with Gasteiger partial charge in [-0.15, -0.1) is 10.2 Å². The van der Waals surface area contributed by atoms with Crippen molar-refractivity contribution in [1.29, 1.82) is 5.26 Å². The predicted molar refractivity (Wildman–Crippen MR) is 73.5 cm³/mol. The molecular formula is C13H10N4OS. The van der Waals surface area contributed by atoms with Gasteiger partial charge in [0.15, 0.2) is 0 Å². The van der Waals surface area contributed by atoms with Crippen LogP contribution in [0.15, 0.2) is 30.3 Å². The number of aromatic nitrogens is 2. The average molecular weight is 270 g/mol. The normalized spacial score (nSPS) is 10.3. The highest BCUT2D eigenvalue weighted by Crippen LogP contribution is 2.14. The van der Waals surface area contributed by atoms with Crippen molar-refractivity contribution < 1.29 is 4.79 Å². The van der Waals surface area contributed by atoms with Gasteiger partial charge in [0.25, 0.3) is 0 Å². The second-order valence-corrected chi connectivity index (χ2v) is 4.83. The van der Waals surface area contributed by atoms with Crippen LogP contribution in [0.2, 0.25) is 0 Å². The van der Waals surface area contributed by atoms with Crippen molar-refractivity contribution in [1.82, 2.24) is 10.2 Å². The van der Waals surface area contributed by atoms with Crippen molar-refractivity contribution in [3.63, 3.8) is 0 Å². The molecule has 0 saturated heterocycles. The van der Waals surface area contributed by atoms with Crippen molar-refractivity contribution in [3.8, 4) is 6.07 Å². The van der Waals surface area contributed by atoms with Gasteiger partial charge in [0.1, 0.15) is 5.01 Å². The maximum Gasteiger partial charge on any atom is 0.250 e. The number of amides is 1. The lowest BCUT2D eigenvalue weighted by molar-refractivity contribution is -0.111. The van der Waals surface area contributed by atoms with Crippen molar-refractivity contribution in [2.24, 2.45) is 0 Å². The molecule has 0 bridgehead atoms. The first-order valence-electron chi connectivity index (χ1n) is 5.47. The lowest BCUT2D eigenvalue weighted by Crippen LogP contribution is -2.07. The zero-order valence-electron chi connectivity index (χ0n) is 10.1. The molecule has 1 aromatic carbocycles. The third kappa shape index (κ3) is 3.47. The molecule has 0 aliphatic heterocycles. The van der Waals surface area contributed by atoms with Crippen molar-refractivity contribution in [3.05, 3.63) is 46.5 Å². The molecule has 2 aromatic rings. The van der Waals surface area contributed by atoms with Crippen LogP contribution in [-0.2, 0) is 4.79 Å². The van der Waals surface area contributed by atoms with E-state index >= 15 is 0 Å². The Hall–Kier alpha value is -2.52.